The first-order valence-electron chi connectivity index (χ1n) is 7.59. The summed E-state index contributed by atoms with van der Waals surface area (Å²) < 4.78 is 6.13. The number of rotatable bonds is 5. The largest absolute Gasteiger partial charge is 0.457 e. The van der Waals surface area contributed by atoms with Crippen molar-refractivity contribution < 1.29 is 4.74 Å². The summed E-state index contributed by atoms with van der Waals surface area (Å²) in [6.07, 6.45) is 0.893. The van der Waals surface area contributed by atoms with Crippen molar-refractivity contribution in [2.24, 2.45) is 5.73 Å². The lowest BCUT2D eigenvalue weighted by Crippen LogP contribution is -2.17. The molecule has 112 valence electrons. The van der Waals surface area contributed by atoms with Crippen LogP contribution in [0, 0.1) is 6.92 Å². The molecule has 0 radical (unpaired) electrons. The highest BCUT2D eigenvalue weighted by Crippen LogP contribution is 2.32. The van der Waals surface area contributed by atoms with Gasteiger partial charge in [-0.3, -0.25) is 0 Å². The molecular formula is C19H25NO. The highest BCUT2D eigenvalue weighted by atomic mass is 16.5. The fourth-order valence-electron chi connectivity index (χ4n) is 2.49. The van der Waals surface area contributed by atoms with Crippen LogP contribution in [0.4, 0.5) is 0 Å². The van der Waals surface area contributed by atoms with Crippen molar-refractivity contribution in [2.45, 2.75) is 46.1 Å². The van der Waals surface area contributed by atoms with Gasteiger partial charge in [0.15, 0.2) is 0 Å². The molecule has 0 aliphatic rings. The van der Waals surface area contributed by atoms with Crippen LogP contribution in [0.1, 0.15) is 43.4 Å². The van der Waals surface area contributed by atoms with E-state index in [0.29, 0.717) is 5.92 Å². The predicted octanol–water partition coefficient (Wildman–Crippen LogP) is 4.80. The molecule has 0 aliphatic heterocycles. The lowest BCUT2D eigenvalue weighted by molar-refractivity contribution is 0.469. The number of ether oxygens (including phenoxy) is 1. The first-order chi connectivity index (χ1) is 9.97. The zero-order chi connectivity index (χ0) is 15.4. The molecule has 0 heterocycles. The standard InChI is InChI=1S/C19H25NO/c1-13(2)17-7-5-6-8-19(17)21-18-10-9-16(11-14(18)3)12-15(4)20/h5-11,13,15H,12,20H2,1-4H3. The van der Waals surface area contributed by atoms with E-state index in [4.69, 9.17) is 10.5 Å². The first kappa shape index (κ1) is 15.6. The van der Waals surface area contributed by atoms with E-state index in [-0.39, 0.29) is 6.04 Å². The third kappa shape index (κ3) is 4.08. The number of hydrogen-bond donors (Lipinski definition) is 1. The maximum absolute atomic E-state index is 6.13. The molecule has 0 saturated heterocycles. The van der Waals surface area contributed by atoms with Crippen molar-refractivity contribution in [3.63, 3.8) is 0 Å². The Kier molecular flexibility index (Phi) is 5.03. The van der Waals surface area contributed by atoms with Crippen molar-refractivity contribution in [1.29, 1.82) is 0 Å². The third-order valence-corrected chi connectivity index (χ3v) is 3.56. The van der Waals surface area contributed by atoms with E-state index in [1.807, 2.05) is 25.1 Å². The predicted molar refractivity (Wildman–Crippen MR) is 89.1 cm³/mol. The molecule has 2 aromatic carbocycles. The van der Waals surface area contributed by atoms with Crippen LogP contribution in [0.15, 0.2) is 42.5 Å². The second kappa shape index (κ2) is 6.77. The molecule has 2 heteroatoms. The van der Waals surface area contributed by atoms with Gasteiger partial charge in [-0.1, -0.05) is 44.2 Å². The zero-order valence-electron chi connectivity index (χ0n) is 13.4. The molecule has 1 unspecified atom stereocenters. The van der Waals surface area contributed by atoms with Gasteiger partial charge in [0.2, 0.25) is 0 Å². The van der Waals surface area contributed by atoms with Gasteiger partial charge in [0.25, 0.3) is 0 Å². The quantitative estimate of drug-likeness (QED) is 0.855. The normalized spacial score (nSPS) is 12.5. The van der Waals surface area contributed by atoms with E-state index in [9.17, 15) is 0 Å². The molecule has 0 amide bonds. The van der Waals surface area contributed by atoms with Gasteiger partial charge in [0.1, 0.15) is 11.5 Å². The Morgan fingerprint density at radius 2 is 1.71 bits per heavy atom. The summed E-state index contributed by atoms with van der Waals surface area (Å²) in [5.41, 5.74) is 9.49. The minimum atomic E-state index is 0.179. The Labute approximate surface area is 127 Å². The number of aryl methyl sites for hydroxylation is 1. The molecular weight excluding hydrogens is 258 g/mol. The van der Waals surface area contributed by atoms with Crippen LogP contribution in [-0.2, 0) is 6.42 Å². The molecule has 1 atom stereocenters. The maximum Gasteiger partial charge on any atom is 0.130 e. The van der Waals surface area contributed by atoms with E-state index in [0.717, 1.165) is 23.5 Å². The van der Waals surface area contributed by atoms with E-state index in [1.54, 1.807) is 0 Å². The van der Waals surface area contributed by atoms with Crippen LogP contribution >= 0.6 is 0 Å². The topological polar surface area (TPSA) is 35.2 Å². The van der Waals surface area contributed by atoms with Crippen LogP contribution in [0.25, 0.3) is 0 Å². The van der Waals surface area contributed by atoms with E-state index in [2.05, 4.69) is 45.0 Å². The average Bonchev–Trinajstić information content (AvgIpc) is 2.41. The number of para-hydroxylation sites is 1. The molecule has 2 rings (SSSR count). The van der Waals surface area contributed by atoms with Crippen LogP contribution in [0.3, 0.4) is 0 Å². The minimum Gasteiger partial charge on any atom is -0.457 e. The lowest BCUT2D eigenvalue weighted by atomic mass is 10.0. The van der Waals surface area contributed by atoms with Gasteiger partial charge < -0.3 is 10.5 Å². The summed E-state index contributed by atoms with van der Waals surface area (Å²) in [5.74, 6) is 2.30. The van der Waals surface area contributed by atoms with Crippen molar-refractivity contribution in [3.05, 3.63) is 59.2 Å². The van der Waals surface area contributed by atoms with Gasteiger partial charge in [-0.2, -0.15) is 0 Å². The number of benzene rings is 2. The second-order valence-electron chi connectivity index (χ2n) is 6.08. The van der Waals surface area contributed by atoms with Crippen LogP contribution in [-0.4, -0.2) is 6.04 Å². The zero-order valence-corrected chi connectivity index (χ0v) is 13.4. The first-order valence-corrected chi connectivity index (χ1v) is 7.59. The summed E-state index contributed by atoms with van der Waals surface area (Å²) in [6, 6.07) is 14.7. The molecule has 0 bridgehead atoms. The van der Waals surface area contributed by atoms with Crippen molar-refractivity contribution in [2.75, 3.05) is 0 Å². The Balaban J connectivity index is 2.24. The van der Waals surface area contributed by atoms with Crippen LogP contribution in [0.2, 0.25) is 0 Å². The van der Waals surface area contributed by atoms with Crippen molar-refractivity contribution in [3.8, 4) is 11.5 Å². The smallest absolute Gasteiger partial charge is 0.130 e. The molecule has 2 N–H and O–H groups in total. The minimum absolute atomic E-state index is 0.179. The fourth-order valence-corrected chi connectivity index (χ4v) is 2.49. The van der Waals surface area contributed by atoms with Gasteiger partial charge >= 0.3 is 0 Å². The summed E-state index contributed by atoms with van der Waals surface area (Å²) in [7, 11) is 0. The van der Waals surface area contributed by atoms with Crippen LogP contribution in [0.5, 0.6) is 11.5 Å². The molecule has 21 heavy (non-hydrogen) atoms. The summed E-state index contributed by atoms with van der Waals surface area (Å²) in [5, 5.41) is 0. The van der Waals surface area contributed by atoms with Gasteiger partial charge in [-0.15, -0.1) is 0 Å². The number of hydrogen-bond acceptors (Lipinski definition) is 2. The SMILES string of the molecule is Cc1cc(CC(C)N)ccc1Oc1ccccc1C(C)C. The maximum atomic E-state index is 6.13. The Hall–Kier alpha value is -1.80. The summed E-state index contributed by atoms with van der Waals surface area (Å²) >= 11 is 0. The highest BCUT2D eigenvalue weighted by Gasteiger charge is 2.10. The number of nitrogens with two attached hydrogens (primary N) is 1. The average molecular weight is 283 g/mol. The van der Waals surface area contributed by atoms with Crippen molar-refractivity contribution >= 4 is 0 Å². The van der Waals surface area contributed by atoms with Gasteiger partial charge in [-0.25, -0.2) is 0 Å². The third-order valence-electron chi connectivity index (χ3n) is 3.56. The summed E-state index contributed by atoms with van der Waals surface area (Å²) in [4.78, 5) is 0. The molecule has 0 spiro atoms. The molecule has 0 fully saturated rings. The molecule has 0 aromatic heterocycles. The Morgan fingerprint density at radius 1 is 1.00 bits per heavy atom. The molecule has 0 aliphatic carbocycles. The Morgan fingerprint density at radius 3 is 2.33 bits per heavy atom. The second-order valence-corrected chi connectivity index (χ2v) is 6.08. The highest BCUT2D eigenvalue weighted by molar-refractivity contribution is 5.43. The molecule has 2 aromatic rings. The molecule has 0 saturated carbocycles. The van der Waals surface area contributed by atoms with E-state index < -0.39 is 0 Å². The monoisotopic (exact) mass is 283 g/mol. The Bertz CT molecular complexity index is 602. The summed E-state index contributed by atoms with van der Waals surface area (Å²) in [6.45, 7) is 8.47. The van der Waals surface area contributed by atoms with Gasteiger partial charge in [0, 0.05) is 6.04 Å². The lowest BCUT2D eigenvalue weighted by Gasteiger charge is -2.16. The fraction of sp³-hybridized carbons (Fsp3) is 0.368. The van der Waals surface area contributed by atoms with Gasteiger partial charge in [0.05, 0.1) is 0 Å². The van der Waals surface area contributed by atoms with Crippen molar-refractivity contribution in [1.82, 2.24) is 0 Å². The van der Waals surface area contributed by atoms with Gasteiger partial charge in [-0.05, 0) is 55.0 Å². The van der Waals surface area contributed by atoms with E-state index >= 15 is 0 Å². The molecule has 2 nitrogen and oxygen atoms in total. The van der Waals surface area contributed by atoms with E-state index in [1.165, 1.54) is 11.1 Å². The van der Waals surface area contributed by atoms with Crippen LogP contribution < -0.4 is 10.5 Å².